The number of aliphatic hydroxyl groups is 1. The van der Waals surface area contributed by atoms with Gasteiger partial charge in [0, 0.05) is 10.6 Å². The van der Waals surface area contributed by atoms with E-state index in [0.717, 1.165) is 64.3 Å². The Morgan fingerprint density at radius 2 is 1.67 bits per heavy atom. The molecular formula is C31H36ClNO3. The normalized spacial score (nSPS) is 14.9. The maximum atomic E-state index is 11.6. The van der Waals surface area contributed by atoms with E-state index in [-0.39, 0.29) is 6.42 Å². The highest BCUT2D eigenvalue weighted by atomic mass is 35.5. The maximum Gasteiger partial charge on any atom is 0.307 e. The number of carboxylic acid groups (broad SMARTS) is 1. The van der Waals surface area contributed by atoms with Crippen LogP contribution in [-0.2, 0) is 11.2 Å². The van der Waals surface area contributed by atoms with Gasteiger partial charge in [-0.25, -0.2) is 0 Å². The molecule has 0 amide bonds. The van der Waals surface area contributed by atoms with Crippen LogP contribution >= 0.6 is 11.6 Å². The molecule has 0 unspecified atom stereocenters. The second-order valence-corrected chi connectivity index (χ2v) is 11.1. The Bertz CT molecular complexity index is 1280. The third-order valence-corrected chi connectivity index (χ3v) is 6.39. The van der Waals surface area contributed by atoms with Crippen molar-refractivity contribution in [2.24, 2.45) is 5.73 Å². The molecule has 1 fully saturated rings. The molecule has 0 saturated heterocycles. The lowest BCUT2D eigenvalue weighted by Crippen LogP contribution is -2.40. The number of hydrogen-bond donors (Lipinski definition) is 3. The Labute approximate surface area is 219 Å². The second kappa shape index (κ2) is 11.5. The van der Waals surface area contributed by atoms with Crippen LogP contribution in [0.4, 0.5) is 0 Å². The van der Waals surface area contributed by atoms with Crippen LogP contribution < -0.4 is 5.73 Å². The zero-order chi connectivity index (χ0) is 26.5. The molecule has 0 heterocycles. The first-order valence-electron chi connectivity index (χ1n) is 12.4. The fourth-order valence-electron chi connectivity index (χ4n) is 4.49. The largest absolute Gasteiger partial charge is 0.481 e. The molecule has 0 bridgehead atoms. The van der Waals surface area contributed by atoms with E-state index in [1.54, 1.807) is 20.8 Å². The zero-order valence-electron chi connectivity index (χ0n) is 21.6. The van der Waals surface area contributed by atoms with Crippen molar-refractivity contribution in [3.05, 3.63) is 70.2 Å². The number of rotatable bonds is 3. The fourth-order valence-corrected chi connectivity index (χ4v) is 4.61. The summed E-state index contributed by atoms with van der Waals surface area (Å²) in [7, 11) is 0. The minimum atomic E-state index is -0.851. The average molecular weight is 506 g/mol. The van der Waals surface area contributed by atoms with E-state index in [9.17, 15) is 9.90 Å². The molecule has 4 rings (SSSR count). The molecule has 4 nitrogen and oxygen atoms in total. The van der Waals surface area contributed by atoms with Gasteiger partial charge in [-0.15, -0.1) is 0 Å². The van der Waals surface area contributed by atoms with Gasteiger partial charge < -0.3 is 15.9 Å². The topological polar surface area (TPSA) is 83.5 Å². The Kier molecular flexibility index (Phi) is 8.84. The standard InChI is InChI=1S/C27H26ClNO2.C4H10O/c1-18-15-21-6-5-19(11-14-27(29)12-3-2-4-13-27)16-24(21)26(23(18)17-25(30)31)20-7-9-22(28)10-8-20;1-4(2,3)5/h5-10,15-16H,2-4,12-13,17,29H2,1H3,(H,30,31);5H,1-3H3. The zero-order valence-corrected chi connectivity index (χ0v) is 22.4. The second-order valence-electron chi connectivity index (χ2n) is 10.7. The molecule has 4 N–H and O–H groups in total. The molecule has 1 aliphatic rings. The van der Waals surface area contributed by atoms with Gasteiger partial charge in [0.15, 0.2) is 0 Å². The first kappa shape index (κ1) is 27.7. The Hall–Kier alpha value is -2.84. The van der Waals surface area contributed by atoms with Crippen LogP contribution in [0.1, 0.15) is 69.6 Å². The summed E-state index contributed by atoms with van der Waals surface area (Å²) in [5.74, 6) is 5.77. The van der Waals surface area contributed by atoms with Crippen LogP contribution in [0.25, 0.3) is 21.9 Å². The average Bonchev–Trinajstić information content (AvgIpc) is 2.78. The van der Waals surface area contributed by atoms with Crippen LogP contribution in [0, 0.1) is 18.8 Å². The van der Waals surface area contributed by atoms with Crippen molar-refractivity contribution in [3.8, 4) is 23.0 Å². The summed E-state index contributed by atoms with van der Waals surface area (Å²) < 4.78 is 0. The Morgan fingerprint density at radius 3 is 2.25 bits per heavy atom. The molecule has 1 aliphatic carbocycles. The van der Waals surface area contributed by atoms with Crippen molar-refractivity contribution in [3.63, 3.8) is 0 Å². The molecule has 36 heavy (non-hydrogen) atoms. The molecule has 0 radical (unpaired) electrons. The van der Waals surface area contributed by atoms with Gasteiger partial charge >= 0.3 is 5.97 Å². The van der Waals surface area contributed by atoms with Gasteiger partial charge in [-0.05, 0) is 97.8 Å². The van der Waals surface area contributed by atoms with Crippen LogP contribution in [0.15, 0.2) is 48.5 Å². The van der Waals surface area contributed by atoms with E-state index >= 15 is 0 Å². The molecule has 0 aliphatic heterocycles. The van der Waals surface area contributed by atoms with Crippen LogP contribution in [0.3, 0.4) is 0 Å². The van der Waals surface area contributed by atoms with Gasteiger partial charge in [0.05, 0.1) is 17.6 Å². The van der Waals surface area contributed by atoms with Crippen molar-refractivity contribution in [2.45, 2.75) is 77.4 Å². The number of nitrogens with two attached hydrogens (primary N) is 1. The third kappa shape index (κ3) is 7.83. The Balaban J connectivity index is 0.000000658. The lowest BCUT2D eigenvalue weighted by Gasteiger charge is -2.27. The highest BCUT2D eigenvalue weighted by molar-refractivity contribution is 6.30. The summed E-state index contributed by atoms with van der Waals surface area (Å²) >= 11 is 6.10. The van der Waals surface area contributed by atoms with E-state index in [4.69, 9.17) is 22.4 Å². The van der Waals surface area contributed by atoms with Crippen LogP contribution in [0.5, 0.6) is 0 Å². The highest BCUT2D eigenvalue weighted by Crippen LogP contribution is 2.36. The van der Waals surface area contributed by atoms with E-state index in [2.05, 4.69) is 30.0 Å². The summed E-state index contributed by atoms with van der Waals surface area (Å²) in [6, 6.07) is 15.7. The van der Waals surface area contributed by atoms with E-state index in [0.29, 0.717) is 5.02 Å². The first-order chi connectivity index (χ1) is 16.8. The van der Waals surface area contributed by atoms with Crippen molar-refractivity contribution < 1.29 is 15.0 Å². The molecule has 0 aromatic heterocycles. The molecule has 190 valence electrons. The SMILES string of the molecule is CC(C)(C)O.Cc1cc2ccc(C#CC3(N)CCCCC3)cc2c(-c2ccc(Cl)cc2)c1CC(=O)O. The number of halogens is 1. The number of hydrogen-bond acceptors (Lipinski definition) is 3. The number of carbonyl (C=O) groups is 1. The quantitative estimate of drug-likeness (QED) is 0.338. The monoisotopic (exact) mass is 505 g/mol. The molecular weight excluding hydrogens is 470 g/mol. The molecule has 3 aromatic carbocycles. The van der Waals surface area contributed by atoms with Crippen molar-refractivity contribution in [1.82, 2.24) is 0 Å². The summed E-state index contributed by atoms with van der Waals surface area (Å²) in [5, 5.41) is 20.7. The minimum Gasteiger partial charge on any atom is -0.481 e. The minimum absolute atomic E-state index is 0.0401. The summed E-state index contributed by atoms with van der Waals surface area (Å²) in [6.07, 6.45) is 5.31. The first-order valence-corrected chi connectivity index (χ1v) is 12.8. The van der Waals surface area contributed by atoms with E-state index < -0.39 is 17.1 Å². The lowest BCUT2D eigenvalue weighted by molar-refractivity contribution is -0.136. The number of fused-ring (bicyclic) bond motifs is 1. The molecule has 5 heteroatoms. The van der Waals surface area contributed by atoms with Gasteiger partial charge in [-0.1, -0.05) is 67.0 Å². The molecule has 1 saturated carbocycles. The van der Waals surface area contributed by atoms with Gasteiger partial charge in [0.25, 0.3) is 0 Å². The predicted molar refractivity (Wildman–Crippen MR) is 149 cm³/mol. The third-order valence-electron chi connectivity index (χ3n) is 6.13. The van der Waals surface area contributed by atoms with Gasteiger partial charge in [0.1, 0.15) is 0 Å². The maximum absolute atomic E-state index is 11.6. The summed E-state index contributed by atoms with van der Waals surface area (Å²) in [5.41, 5.74) is 10.1. The highest BCUT2D eigenvalue weighted by Gasteiger charge is 2.24. The van der Waals surface area contributed by atoms with Crippen molar-refractivity contribution >= 4 is 28.3 Å². The van der Waals surface area contributed by atoms with Crippen molar-refractivity contribution in [2.75, 3.05) is 0 Å². The van der Waals surface area contributed by atoms with E-state index in [1.165, 1.54) is 6.42 Å². The number of carboxylic acids is 1. The van der Waals surface area contributed by atoms with Crippen LogP contribution in [0.2, 0.25) is 5.02 Å². The summed E-state index contributed by atoms with van der Waals surface area (Å²) in [6.45, 7) is 7.19. The van der Waals surface area contributed by atoms with Gasteiger partial charge in [0.2, 0.25) is 0 Å². The Morgan fingerprint density at radius 1 is 1.06 bits per heavy atom. The molecule has 3 aromatic rings. The number of benzene rings is 3. The van der Waals surface area contributed by atoms with Crippen LogP contribution in [-0.4, -0.2) is 27.3 Å². The van der Waals surface area contributed by atoms with Crippen molar-refractivity contribution in [1.29, 1.82) is 0 Å². The lowest BCUT2D eigenvalue weighted by atomic mass is 9.83. The fraction of sp³-hybridized carbons (Fsp3) is 0.387. The smallest absolute Gasteiger partial charge is 0.307 e. The van der Waals surface area contributed by atoms with Gasteiger partial charge in [-0.3, -0.25) is 4.79 Å². The molecule has 0 atom stereocenters. The number of aliphatic carboxylic acids is 1. The summed E-state index contributed by atoms with van der Waals surface area (Å²) in [4.78, 5) is 11.6. The number of aryl methyl sites for hydroxylation is 1. The van der Waals surface area contributed by atoms with Gasteiger partial charge in [-0.2, -0.15) is 0 Å². The van der Waals surface area contributed by atoms with E-state index in [1.807, 2.05) is 37.3 Å². The molecule has 0 spiro atoms. The predicted octanol–water partition coefficient (Wildman–Crippen LogP) is 6.89.